The Labute approximate surface area is 159 Å². The third kappa shape index (κ3) is 4.60. The van der Waals surface area contributed by atoms with Crippen molar-refractivity contribution in [2.45, 2.75) is 45.1 Å². The normalized spacial score (nSPS) is 15.4. The minimum absolute atomic E-state index is 0.0481. The molecule has 9 heteroatoms. The summed E-state index contributed by atoms with van der Waals surface area (Å²) in [4.78, 5) is 39.2. The van der Waals surface area contributed by atoms with Crippen molar-refractivity contribution in [1.29, 1.82) is 0 Å². The van der Waals surface area contributed by atoms with E-state index in [0.717, 1.165) is 17.8 Å². The Morgan fingerprint density at radius 1 is 1.37 bits per heavy atom. The molecule has 1 amide bonds. The van der Waals surface area contributed by atoms with E-state index in [-0.39, 0.29) is 18.1 Å². The van der Waals surface area contributed by atoms with Crippen molar-refractivity contribution in [3.05, 3.63) is 33.1 Å². The first-order valence-electron chi connectivity index (χ1n) is 8.90. The zero-order valence-corrected chi connectivity index (χ0v) is 15.9. The number of carbonyl (C=O) groups is 2. The van der Waals surface area contributed by atoms with Crippen molar-refractivity contribution in [2.24, 2.45) is 10.9 Å². The summed E-state index contributed by atoms with van der Waals surface area (Å²) in [6.45, 7) is -0.108. The quantitative estimate of drug-likeness (QED) is 0.427. The van der Waals surface area contributed by atoms with Gasteiger partial charge in [0.05, 0.1) is 22.2 Å². The lowest BCUT2D eigenvalue weighted by molar-refractivity contribution is -0.384. The average Bonchev–Trinajstić information content (AvgIpc) is 3.28. The number of nitro groups is 1. The van der Waals surface area contributed by atoms with Crippen LogP contribution in [0, 0.1) is 16.0 Å². The highest BCUT2D eigenvalue weighted by atomic mass is 32.1. The number of non-ortho nitro benzene ring substituents is 1. The maximum Gasteiger partial charge on any atom is 0.325 e. The van der Waals surface area contributed by atoms with Crippen molar-refractivity contribution >= 4 is 39.1 Å². The van der Waals surface area contributed by atoms with Crippen molar-refractivity contribution in [3.63, 3.8) is 0 Å². The monoisotopic (exact) mass is 391 g/mol. The molecule has 0 spiro atoms. The molecule has 0 bridgehead atoms. The Morgan fingerprint density at radius 2 is 2.11 bits per heavy atom. The predicted molar refractivity (Wildman–Crippen MR) is 100 cm³/mol. The van der Waals surface area contributed by atoms with Crippen molar-refractivity contribution in [3.8, 4) is 0 Å². The van der Waals surface area contributed by atoms with Gasteiger partial charge in [-0.1, -0.05) is 37.0 Å². The predicted octanol–water partition coefficient (Wildman–Crippen LogP) is 3.18. The van der Waals surface area contributed by atoms with Crippen LogP contribution >= 0.6 is 11.3 Å². The molecule has 1 aliphatic rings. The van der Waals surface area contributed by atoms with E-state index in [1.165, 1.54) is 44.9 Å². The molecule has 1 saturated carbocycles. The summed E-state index contributed by atoms with van der Waals surface area (Å²) < 4.78 is 6.88. The van der Waals surface area contributed by atoms with Crippen molar-refractivity contribution in [2.75, 3.05) is 7.11 Å². The molecule has 0 saturated heterocycles. The van der Waals surface area contributed by atoms with E-state index < -0.39 is 10.9 Å². The first-order valence-corrected chi connectivity index (χ1v) is 9.71. The molecule has 1 aromatic carbocycles. The number of amides is 1. The summed E-state index contributed by atoms with van der Waals surface area (Å²) >= 11 is 1.16. The topological polar surface area (TPSA) is 104 Å². The van der Waals surface area contributed by atoms with Gasteiger partial charge in [-0.25, -0.2) is 0 Å². The molecule has 8 nitrogen and oxygen atoms in total. The molecule has 1 aliphatic carbocycles. The molecule has 3 rings (SSSR count). The molecule has 144 valence electrons. The number of esters is 1. The van der Waals surface area contributed by atoms with Crippen LogP contribution < -0.4 is 4.80 Å². The maximum atomic E-state index is 12.3. The van der Waals surface area contributed by atoms with Gasteiger partial charge >= 0.3 is 5.97 Å². The van der Waals surface area contributed by atoms with E-state index in [1.807, 2.05) is 0 Å². The number of nitrogens with zero attached hydrogens (tertiary/aromatic N) is 3. The minimum Gasteiger partial charge on any atom is -0.468 e. The summed E-state index contributed by atoms with van der Waals surface area (Å²) in [5.74, 6) is -0.120. The van der Waals surface area contributed by atoms with E-state index in [2.05, 4.69) is 4.99 Å². The Morgan fingerprint density at radius 3 is 2.78 bits per heavy atom. The number of aromatic nitrogens is 1. The minimum atomic E-state index is -0.479. The van der Waals surface area contributed by atoms with E-state index in [9.17, 15) is 19.7 Å². The highest BCUT2D eigenvalue weighted by molar-refractivity contribution is 7.16. The molecule has 27 heavy (non-hydrogen) atoms. The number of hydrogen-bond acceptors (Lipinski definition) is 6. The van der Waals surface area contributed by atoms with Crippen LogP contribution in [-0.4, -0.2) is 28.5 Å². The van der Waals surface area contributed by atoms with E-state index >= 15 is 0 Å². The van der Waals surface area contributed by atoms with Crippen LogP contribution in [-0.2, 0) is 20.9 Å². The zero-order valence-electron chi connectivity index (χ0n) is 15.1. The van der Waals surface area contributed by atoms with Crippen LogP contribution in [0.25, 0.3) is 10.2 Å². The number of carbonyl (C=O) groups excluding carboxylic acids is 2. The molecule has 1 aromatic heterocycles. The Hall–Kier alpha value is -2.55. The molecule has 0 unspecified atom stereocenters. The molecule has 0 aliphatic heterocycles. The highest BCUT2D eigenvalue weighted by Gasteiger charge is 2.17. The van der Waals surface area contributed by atoms with Gasteiger partial charge in [-0.15, -0.1) is 0 Å². The third-order valence-corrected chi connectivity index (χ3v) is 5.89. The standard InChI is InChI=1S/C18H21N3O5S/c1-26-17(23)11-20-14-8-7-13(21(24)25)10-15(14)27-18(20)19-16(22)9-6-12-4-2-3-5-12/h7-8,10,12H,2-6,9,11H2,1H3. The van der Waals surface area contributed by atoms with Crippen LogP contribution in [0.3, 0.4) is 0 Å². The number of thiazole rings is 1. The maximum absolute atomic E-state index is 12.3. The second-order valence-corrected chi connectivity index (χ2v) is 7.66. The fourth-order valence-corrected chi connectivity index (χ4v) is 4.48. The van der Waals surface area contributed by atoms with E-state index in [1.54, 1.807) is 10.6 Å². The SMILES string of the molecule is COC(=O)Cn1c(=NC(=O)CCC2CCCC2)sc2cc([N+](=O)[O-])ccc21. The molecular weight excluding hydrogens is 370 g/mol. The molecule has 0 radical (unpaired) electrons. The number of methoxy groups -OCH3 is 1. The highest BCUT2D eigenvalue weighted by Crippen LogP contribution is 2.28. The summed E-state index contributed by atoms with van der Waals surface area (Å²) in [5.41, 5.74) is 0.562. The number of rotatable bonds is 6. The van der Waals surface area contributed by atoms with Crippen LogP contribution in [0.5, 0.6) is 0 Å². The number of fused-ring (bicyclic) bond motifs is 1. The number of hydrogen-bond donors (Lipinski definition) is 0. The molecule has 0 N–H and O–H groups in total. The summed E-state index contributed by atoms with van der Waals surface area (Å²) in [6.07, 6.45) is 5.99. The van der Waals surface area contributed by atoms with Gasteiger partial charge in [-0.05, 0) is 18.4 Å². The molecule has 1 fully saturated rings. The largest absolute Gasteiger partial charge is 0.468 e. The first kappa shape index (κ1) is 19.2. The van der Waals surface area contributed by atoms with Crippen LogP contribution in [0.4, 0.5) is 5.69 Å². The van der Waals surface area contributed by atoms with Gasteiger partial charge in [0.25, 0.3) is 5.69 Å². The smallest absolute Gasteiger partial charge is 0.325 e. The zero-order chi connectivity index (χ0) is 19.4. The lowest BCUT2D eigenvalue weighted by Gasteiger charge is -2.06. The van der Waals surface area contributed by atoms with Crippen LogP contribution in [0.2, 0.25) is 0 Å². The van der Waals surface area contributed by atoms with Gasteiger partial charge in [-0.2, -0.15) is 4.99 Å². The number of ether oxygens (including phenoxy) is 1. The third-order valence-electron chi connectivity index (χ3n) is 4.85. The van der Waals surface area contributed by atoms with Gasteiger partial charge in [0.15, 0.2) is 4.80 Å². The Balaban J connectivity index is 1.93. The van der Waals surface area contributed by atoms with E-state index in [0.29, 0.717) is 27.4 Å². The molecule has 1 heterocycles. The molecule has 2 aromatic rings. The fourth-order valence-electron chi connectivity index (χ4n) is 3.40. The Kier molecular flexibility index (Phi) is 6.00. The van der Waals surface area contributed by atoms with Gasteiger partial charge < -0.3 is 9.30 Å². The first-order chi connectivity index (χ1) is 13.0. The Bertz CT molecular complexity index is 940. The fraction of sp³-hybridized carbons (Fsp3) is 0.500. The van der Waals surface area contributed by atoms with Gasteiger partial charge in [0.1, 0.15) is 6.54 Å². The second-order valence-electron chi connectivity index (χ2n) is 6.65. The lowest BCUT2D eigenvalue weighted by atomic mass is 10.0. The second kappa shape index (κ2) is 8.43. The average molecular weight is 391 g/mol. The van der Waals surface area contributed by atoms with Gasteiger partial charge in [0.2, 0.25) is 5.91 Å². The van der Waals surface area contributed by atoms with Gasteiger partial charge in [0, 0.05) is 18.6 Å². The molecular formula is C18H21N3O5S. The lowest BCUT2D eigenvalue weighted by Crippen LogP contribution is -2.22. The molecule has 0 atom stereocenters. The van der Waals surface area contributed by atoms with E-state index in [4.69, 9.17) is 4.74 Å². The van der Waals surface area contributed by atoms with Crippen LogP contribution in [0.1, 0.15) is 38.5 Å². The summed E-state index contributed by atoms with van der Waals surface area (Å²) in [5, 5.41) is 11.0. The summed E-state index contributed by atoms with van der Waals surface area (Å²) in [7, 11) is 1.28. The van der Waals surface area contributed by atoms with Gasteiger partial charge in [-0.3, -0.25) is 19.7 Å². The number of nitro benzene ring substituents is 1. The van der Waals surface area contributed by atoms with Crippen LogP contribution in [0.15, 0.2) is 23.2 Å². The number of benzene rings is 1. The van der Waals surface area contributed by atoms with Crippen molar-refractivity contribution < 1.29 is 19.2 Å². The summed E-state index contributed by atoms with van der Waals surface area (Å²) in [6, 6.07) is 4.36. The van der Waals surface area contributed by atoms with Crippen molar-refractivity contribution in [1.82, 2.24) is 4.57 Å².